The molecule has 2 aromatic heterocycles. The first-order valence-corrected chi connectivity index (χ1v) is 34.4. The highest BCUT2D eigenvalue weighted by atomic mass is 16.3. The molecule has 1 atom stereocenters. The molecule has 0 radical (unpaired) electrons. The fourth-order valence-corrected chi connectivity index (χ4v) is 15.5. The smallest absolute Gasteiger partial charge is 0.160 e. The van der Waals surface area contributed by atoms with Crippen LogP contribution in [-0.4, -0.2) is 0 Å². The Labute approximate surface area is 574 Å². The topological polar surface area (TPSA) is 36.0 Å². The lowest BCUT2D eigenvalue weighted by Gasteiger charge is -2.37. The highest BCUT2D eigenvalue weighted by Gasteiger charge is 2.51. The summed E-state index contributed by atoms with van der Waals surface area (Å²) in [5, 5.41) is 8.74. The monoisotopic (exact) mass is 1270 g/mol. The van der Waals surface area contributed by atoms with Crippen LogP contribution in [0, 0.1) is 0 Å². The number of nitrogens with zero attached hydrogens (tertiary/aromatic N) is 3. The Morgan fingerprint density at radius 2 is 0.612 bits per heavy atom. The Hall–Kier alpha value is -11.4. The molecule has 14 aromatic carbocycles. The van der Waals surface area contributed by atoms with Crippen LogP contribution in [0.1, 0.15) is 101 Å². The van der Waals surface area contributed by atoms with Crippen LogP contribution in [0.25, 0.3) is 76.5 Å². The van der Waals surface area contributed by atoms with Gasteiger partial charge in [-0.2, -0.15) is 0 Å². The molecule has 2 heterocycles. The van der Waals surface area contributed by atoms with Crippen LogP contribution in [0.2, 0.25) is 0 Å². The summed E-state index contributed by atoms with van der Waals surface area (Å²) in [6, 6.07) is 112. The van der Waals surface area contributed by atoms with E-state index >= 15 is 0 Å². The molecule has 98 heavy (non-hydrogen) atoms. The standard InChI is InChI=1S/C93H77N3O2/c1-90(2,3)64-38-40-67(41-39-64)93(68-46-54-73(55-47-68)94(71-50-42-65(43-51-71)91(4,5)6)72-52-44-66(45-53-72)92(7,8)9)78-59-81(96(70-30-14-11-15-31-70)75-49-37-61-25-17-19-27-63(61)57-75)88-85(77-33-21-23-35-83(77)97-88)86(78)87-79(93)58-80(84-76-32-20-22-34-82(76)98-89(84)87)95(69-28-12-10-13-29-69)74-48-36-60-24-16-18-26-62(60)56-74/h10-59H,1-9H3. The van der Waals surface area contributed by atoms with Gasteiger partial charge in [-0.1, -0.05) is 256 Å². The Morgan fingerprint density at radius 1 is 0.265 bits per heavy atom. The summed E-state index contributed by atoms with van der Waals surface area (Å²) in [7, 11) is 0. The number of rotatable bonds is 11. The molecule has 1 aliphatic rings. The predicted octanol–water partition coefficient (Wildman–Crippen LogP) is 26.5. The normalized spacial score (nSPS) is 14.0. The lowest BCUT2D eigenvalue weighted by molar-refractivity contribution is 0.589. The lowest BCUT2D eigenvalue weighted by Crippen LogP contribution is -2.29. The minimum absolute atomic E-state index is 0.0180. The van der Waals surface area contributed by atoms with Crippen molar-refractivity contribution >= 4 is 117 Å². The van der Waals surface area contributed by atoms with Crippen molar-refractivity contribution in [1.82, 2.24) is 0 Å². The van der Waals surface area contributed by atoms with Gasteiger partial charge < -0.3 is 23.5 Å². The van der Waals surface area contributed by atoms with Crippen LogP contribution in [0.15, 0.2) is 312 Å². The summed E-state index contributed by atoms with van der Waals surface area (Å²) < 4.78 is 15.3. The van der Waals surface area contributed by atoms with E-state index < -0.39 is 5.41 Å². The molecule has 0 N–H and O–H groups in total. The van der Waals surface area contributed by atoms with Gasteiger partial charge in [0.2, 0.25) is 0 Å². The van der Waals surface area contributed by atoms with Gasteiger partial charge in [0.25, 0.3) is 0 Å². The molecule has 0 amide bonds. The van der Waals surface area contributed by atoms with Crippen molar-refractivity contribution in [2.45, 2.75) is 84.0 Å². The molecule has 1 aliphatic carbocycles. The molecular formula is C93H77N3O2. The molecule has 0 aliphatic heterocycles. The maximum absolute atomic E-state index is 7.74. The summed E-state index contributed by atoms with van der Waals surface area (Å²) in [5.41, 5.74) is 21.6. The van der Waals surface area contributed by atoms with Gasteiger partial charge in [-0.3, -0.25) is 0 Å². The second-order valence-electron chi connectivity index (χ2n) is 29.7. The van der Waals surface area contributed by atoms with Crippen molar-refractivity contribution in [3.05, 3.63) is 342 Å². The fourth-order valence-electron chi connectivity index (χ4n) is 15.5. The van der Waals surface area contributed by atoms with Crippen molar-refractivity contribution in [3.63, 3.8) is 0 Å². The number of para-hydroxylation sites is 4. The minimum Gasteiger partial charge on any atom is -0.455 e. The van der Waals surface area contributed by atoms with E-state index in [1.165, 1.54) is 27.5 Å². The predicted molar refractivity (Wildman–Crippen MR) is 413 cm³/mol. The van der Waals surface area contributed by atoms with Gasteiger partial charge in [0.1, 0.15) is 16.7 Å². The molecule has 0 saturated heterocycles. The number of anilines is 9. The second-order valence-corrected chi connectivity index (χ2v) is 29.7. The van der Waals surface area contributed by atoms with Crippen molar-refractivity contribution in [2.75, 3.05) is 14.7 Å². The van der Waals surface area contributed by atoms with Gasteiger partial charge in [-0.15, -0.1) is 0 Å². The SMILES string of the molecule is CC(C)(C)c1ccc(N(c2ccc(C(C)(C)C)cc2)c2ccc(C3(c4ccc(C(C)(C)C)cc4)c4cc(N(c5ccccc5)c5ccc6ccccc6c5)c5c(oc6ccccc65)c4-c4c3cc(N(c3ccccc3)c3ccc5ccccc5c3)c3oc5ccccc5c43)cc2)cc1. The molecule has 0 saturated carbocycles. The summed E-state index contributed by atoms with van der Waals surface area (Å²) >= 11 is 0. The van der Waals surface area contributed by atoms with Crippen molar-refractivity contribution in [1.29, 1.82) is 0 Å². The maximum Gasteiger partial charge on any atom is 0.160 e. The Kier molecular flexibility index (Phi) is 14.1. The molecular weight excluding hydrogens is 1190 g/mol. The largest absolute Gasteiger partial charge is 0.455 e. The van der Waals surface area contributed by atoms with Crippen LogP contribution < -0.4 is 14.7 Å². The fraction of sp³-hybridized carbons (Fsp3) is 0.140. The average molecular weight is 1270 g/mol. The lowest BCUT2D eigenvalue weighted by atomic mass is 9.67. The molecule has 5 nitrogen and oxygen atoms in total. The van der Waals surface area contributed by atoms with Crippen molar-refractivity contribution < 1.29 is 8.83 Å². The zero-order chi connectivity index (χ0) is 66.8. The van der Waals surface area contributed by atoms with Gasteiger partial charge in [0.15, 0.2) is 5.58 Å². The third-order valence-corrected chi connectivity index (χ3v) is 20.5. The van der Waals surface area contributed by atoms with Crippen LogP contribution in [-0.2, 0) is 21.7 Å². The van der Waals surface area contributed by atoms with E-state index in [4.69, 9.17) is 8.83 Å². The first-order valence-electron chi connectivity index (χ1n) is 34.4. The van der Waals surface area contributed by atoms with E-state index in [0.717, 1.165) is 139 Å². The zero-order valence-electron chi connectivity index (χ0n) is 57.0. The van der Waals surface area contributed by atoms with Gasteiger partial charge in [-0.05, 0) is 186 Å². The van der Waals surface area contributed by atoms with Gasteiger partial charge in [-0.25, -0.2) is 0 Å². The zero-order valence-corrected chi connectivity index (χ0v) is 57.0. The minimum atomic E-state index is -1.05. The van der Waals surface area contributed by atoms with Gasteiger partial charge >= 0.3 is 0 Å². The van der Waals surface area contributed by atoms with Crippen LogP contribution >= 0.6 is 0 Å². The van der Waals surface area contributed by atoms with Crippen molar-refractivity contribution in [2.24, 2.45) is 0 Å². The first kappa shape index (κ1) is 60.3. The Balaban J connectivity index is 1.04. The average Bonchev–Trinajstić information content (AvgIpc) is 1.50. The molecule has 0 fully saturated rings. The number of fused-ring (bicyclic) bond motifs is 13. The highest BCUT2D eigenvalue weighted by Crippen LogP contribution is 2.65. The quantitative estimate of drug-likeness (QED) is 0.129. The van der Waals surface area contributed by atoms with Gasteiger partial charge in [0.05, 0.1) is 22.2 Å². The summed E-state index contributed by atoms with van der Waals surface area (Å²) in [5.74, 6) is 0. The number of hydrogen-bond donors (Lipinski definition) is 0. The van der Waals surface area contributed by atoms with E-state index in [1.54, 1.807) is 0 Å². The molecule has 16 aromatic rings. The van der Waals surface area contributed by atoms with E-state index in [2.05, 4.69) is 380 Å². The van der Waals surface area contributed by atoms with Crippen LogP contribution in [0.4, 0.5) is 51.2 Å². The number of hydrogen-bond acceptors (Lipinski definition) is 5. The Morgan fingerprint density at radius 3 is 1.09 bits per heavy atom. The van der Waals surface area contributed by atoms with Crippen LogP contribution in [0.5, 0.6) is 0 Å². The summed E-state index contributed by atoms with van der Waals surface area (Å²) in [6.07, 6.45) is 0. The molecule has 476 valence electrons. The van der Waals surface area contributed by atoms with E-state index in [-0.39, 0.29) is 16.2 Å². The summed E-state index contributed by atoms with van der Waals surface area (Å²) in [6.45, 7) is 20.6. The van der Waals surface area contributed by atoms with E-state index in [0.29, 0.717) is 0 Å². The Bertz CT molecular complexity index is 5670. The molecule has 1 unspecified atom stereocenters. The second kappa shape index (κ2) is 22.9. The number of benzene rings is 14. The van der Waals surface area contributed by atoms with Crippen LogP contribution in [0.3, 0.4) is 0 Å². The maximum atomic E-state index is 7.74. The molecule has 0 spiro atoms. The molecule has 0 bridgehead atoms. The van der Waals surface area contributed by atoms with E-state index in [9.17, 15) is 0 Å². The van der Waals surface area contributed by atoms with Crippen molar-refractivity contribution in [3.8, 4) is 11.1 Å². The molecule has 5 heteroatoms. The third-order valence-electron chi connectivity index (χ3n) is 20.5. The first-order chi connectivity index (χ1) is 47.5. The van der Waals surface area contributed by atoms with Gasteiger partial charge in [0, 0.05) is 67.1 Å². The summed E-state index contributed by atoms with van der Waals surface area (Å²) in [4.78, 5) is 7.31. The number of furan rings is 2. The molecule has 17 rings (SSSR count). The highest BCUT2D eigenvalue weighted by molar-refractivity contribution is 6.26. The van der Waals surface area contributed by atoms with E-state index in [1.807, 2.05) is 0 Å². The third kappa shape index (κ3) is 9.88.